The first-order valence-electron chi connectivity index (χ1n) is 8.72. The van der Waals surface area contributed by atoms with Gasteiger partial charge in [0.05, 0.1) is 0 Å². The summed E-state index contributed by atoms with van der Waals surface area (Å²) >= 11 is 0. The van der Waals surface area contributed by atoms with E-state index in [4.69, 9.17) is 0 Å². The molecule has 112 valence electrons. The normalized spacial score (nSPS) is 36.8. The Balaban J connectivity index is 1.86. The van der Waals surface area contributed by atoms with Crippen LogP contribution in [-0.2, 0) is 0 Å². The van der Waals surface area contributed by atoms with Crippen molar-refractivity contribution in [3.8, 4) is 0 Å². The predicted octanol–water partition coefficient (Wildman–Crippen LogP) is 3.52. The fraction of sp³-hybridized carbons (Fsp3) is 1.00. The van der Waals surface area contributed by atoms with Crippen LogP contribution in [0.1, 0.15) is 59.3 Å². The zero-order chi connectivity index (χ0) is 13.7. The lowest BCUT2D eigenvalue weighted by atomic mass is 9.76. The zero-order valence-electron chi connectivity index (χ0n) is 13.3. The molecule has 1 N–H and O–H groups in total. The molecule has 0 bridgehead atoms. The van der Waals surface area contributed by atoms with E-state index in [9.17, 15) is 0 Å². The number of rotatable bonds is 6. The summed E-state index contributed by atoms with van der Waals surface area (Å²) in [5.41, 5.74) is 0. The molecule has 2 aliphatic rings. The Labute approximate surface area is 120 Å². The van der Waals surface area contributed by atoms with Gasteiger partial charge in [0.25, 0.3) is 0 Å². The maximum absolute atomic E-state index is 3.75. The van der Waals surface area contributed by atoms with Crippen LogP contribution in [0, 0.1) is 17.8 Å². The fourth-order valence-corrected chi connectivity index (χ4v) is 4.21. The van der Waals surface area contributed by atoms with Crippen LogP contribution in [0.5, 0.6) is 0 Å². The highest BCUT2D eigenvalue weighted by molar-refractivity contribution is 4.87. The minimum Gasteiger partial charge on any atom is -0.314 e. The molecule has 0 aromatic carbocycles. The smallest absolute Gasteiger partial charge is 0.0108 e. The lowest BCUT2D eigenvalue weighted by molar-refractivity contribution is 0.150. The van der Waals surface area contributed by atoms with Crippen LogP contribution < -0.4 is 5.32 Å². The van der Waals surface area contributed by atoms with E-state index >= 15 is 0 Å². The van der Waals surface area contributed by atoms with Gasteiger partial charge in [-0.05, 0) is 56.5 Å². The molecule has 1 aliphatic carbocycles. The monoisotopic (exact) mass is 266 g/mol. The SMILES string of the molecule is CCNC1CCC(CC)CC1CN1CCC(CC)C1. The third-order valence-corrected chi connectivity index (χ3v) is 5.57. The summed E-state index contributed by atoms with van der Waals surface area (Å²) in [5.74, 6) is 2.86. The van der Waals surface area contributed by atoms with Gasteiger partial charge in [0.1, 0.15) is 0 Å². The Morgan fingerprint density at radius 2 is 1.79 bits per heavy atom. The van der Waals surface area contributed by atoms with Crippen LogP contribution in [0.25, 0.3) is 0 Å². The maximum Gasteiger partial charge on any atom is 0.0108 e. The molecule has 1 heterocycles. The molecule has 19 heavy (non-hydrogen) atoms. The predicted molar refractivity (Wildman–Crippen MR) is 83.4 cm³/mol. The zero-order valence-corrected chi connectivity index (χ0v) is 13.3. The van der Waals surface area contributed by atoms with Crippen LogP contribution >= 0.6 is 0 Å². The highest BCUT2D eigenvalue weighted by atomic mass is 15.2. The number of hydrogen-bond acceptors (Lipinski definition) is 2. The first kappa shape index (κ1) is 15.3. The highest BCUT2D eigenvalue weighted by Gasteiger charge is 2.32. The summed E-state index contributed by atoms with van der Waals surface area (Å²) in [6, 6.07) is 0.786. The molecule has 2 heteroatoms. The maximum atomic E-state index is 3.75. The van der Waals surface area contributed by atoms with Gasteiger partial charge in [-0.15, -0.1) is 0 Å². The lowest BCUT2D eigenvalue weighted by Crippen LogP contribution is -2.45. The van der Waals surface area contributed by atoms with Gasteiger partial charge < -0.3 is 10.2 Å². The number of nitrogens with one attached hydrogen (secondary N) is 1. The first-order valence-corrected chi connectivity index (χ1v) is 8.72. The Hall–Kier alpha value is -0.0800. The van der Waals surface area contributed by atoms with E-state index < -0.39 is 0 Å². The van der Waals surface area contributed by atoms with E-state index in [2.05, 4.69) is 31.0 Å². The molecule has 0 radical (unpaired) electrons. The van der Waals surface area contributed by atoms with Crippen molar-refractivity contribution in [2.24, 2.45) is 17.8 Å². The number of nitrogens with zero attached hydrogens (tertiary/aromatic N) is 1. The molecule has 2 rings (SSSR count). The minimum absolute atomic E-state index is 0.786. The number of likely N-dealkylation sites (tertiary alicyclic amines) is 1. The van der Waals surface area contributed by atoms with Crippen LogP contribution in [0.15, 0.2) is 0 Å². The summed E-state index contributed by atoms with van der Waals surface area (Å²) < 4.78 is 0. The van der Waals surface area contributed by atoms with Crippen molar-refractivity contribution in [3.05, 3.63) is 0 Å². The average molecular weight is 266 g/mol. The summed E-state index contributed by atoms with van der Waals surface area (Å²) in [4.78, 5) is 2.75. The Kier molecular flexibility index (Phi) is 6.15. The van der Waals surface area contributed by atoms with Gasteiger partial charge in [0, 0.05) is 19.1 Å². The van der Waals surface area contributed by atoms with Crippen molar-refractivity contribution >= 4 is 0 Å². The van der Waals surface area contributed by atoms with Gasteiger partial charge in [0.2, 0.25) is 0 Å². The fourth-order valence-electron chi connectivity index (χ4n) is 4.21. The Morgan fingerprint density at radius 1 is 1.00 bits per heavy atom. The molecule has 0 amide bonds. The second-order valence-corrected chi connectivity index (χ2v) is 6.83. The molecule has 1 saturated carbocycles. The quantitative estimate of drug-likeness (QED) is 0.791. The van der Waals surface area contributed by atoms with Gasteiger partial charge in [0.15, 0.2) is 0 Å². The third-order valence-electron chi connectivity index (χ3n) is 5.57. The molecule has 2 nitrogen and oxygen atoms in total. The van der Waals surface area contributed by atoms with Gasteiger partial charge >= 0.3 is 0 Å². The van der Waals surface area contributed by atoms with E-state index in [1.807, 2.05) is 0 Å². The highest BCUT2D eigenvalue weighted by Crippen LogP contribution is 2.33. The molecule has 0 aromatic rings. The van der Waals surface area contributed by atoms with Gasteiger partial charge in [-0.25, -0.2) is 0 Å². The van der Waals surface area contributed by atoms with E-state index in [0.717, 1.165) is 30.3 Å². The summed E-state index contributed by atoms with van der Waals surface area (Å²) in [6.45, 7) is 12.2. The first-order chi connectivity index (χ1) is 9.26. The van der Waals surface area contributed by atoms with Crippen LogP contribution in [0.4, 0.5) is 0 Å². The standard InChI is InChI=1S/C17H34N2/c1-4-14-7-8-17(18-6-3)16(11-14)13-19-10-9-15(5-2)12-19/h14-18H,4-13H2,1-3H3. The van der Waals surface area contributed by atoms with Gasteiger partial charge in [-0.1, -0.05) is 33.6 Å². The van der Waals surface area contributed by atoms with Gasteiger partial charge in [-0.2, -0.15) is 0 Å². The van der Waals surface area contributed by atoms with E-state index in [1.165, 1.54) is 58.2 Å². The van der Waals surface area contributed by atoms with Crippen LogP contribution in [-0.4, -0.2) is 37.1 Å². The number of hydrogen-bond donors (Lipinski definition) is 1. The molecule has 0 spiro atoms. The topological polar surface area (TPSA) is 15.3 Å². The van der Waals surface area contributed by atoms with Crippen molar-refractivity contribution in [2.45, 2.75) is 65.3 Å². The second kappa shape index (κ2) is 7.64. The van der Waals surface area contributed by atoms with Crippen LogP contribution in [0.2, 0.25) is 0 Å². The lowest BCUT2D eigenvalue weighted by Gasteiger charge is -2.38. The van der Waals surface area contributed by atoms with Crippen LogP contribution in [0.3, 0.4) is 0 Å². The molecule has 2 fully saturated rings. The molecule has 0 aromatic heterocycles. The van der Waals surface area contributed by atoms with Crippen molar-refractivity contribution in [2.75, 3.05) is 26.2 Å². The van der Waals surface area contributed by atoms with Crippen molar-refractivity contribution < 1.29 is 0 Å². The molecular formula is C17H34N2. The average Bonchev–Trinajstić information content (AvgIpc) is 2.88. The Morgan fingerprint density at radius 3 is 2.42 bits per heavy atom. The minimum atomic E-state index is 0.786. The van der Waals surface area contributed by atoms with Crippen molar-refractivity contribution in [3.63, 3.8) is 0 Å². The van der Waals surface area contributed by atoms with E-state index in [1.54, 1.807) is 0 Å². The molecule has 4 atom stereocenters. The molecule has 4 unspecified atom stereocenters. The van der Waals surface area contributed by atoms with Crippen molar-refractivity contribution in [1.82, 2.24) is 10.2 Å². The van der Waals surface area contributed by atoms with Gasteiger partial charge in [-0.3, -0.25) is 0 Å². The molecular weight excluding hydrogens is 232 g/mol. The summed E-state index contributed by atoms with van der Waals surface area (Å²) in [6.07, 6.45) is 8.50. The summed E-state index contributed by atoms with van der Waals surface area (Å²) in [5, 5.41) is 3.75. The summed E-state index contributed by atoms with van der Waals surface area (Å²) in [7, 11) is 0. The molecule has 1 saturated heterocycles. The largest absolute Gasteiger partial charge is 0.314 e. The third kappa shape index (κ3) is 4.19. The van der Waals surface area contributed by atoms with Crippen molar-refractivity contribution in [1.29, 1.82) is 0 Å². The van der Waals surface area contributed by atoms with E-state index in [-0.39, 0.29) is 0 Å². The Bertz CT molecular complexity index is 254. The molecule has 1 aliphatic heterocycles. The van der Waals surface area contributed by atoms with E-state index in [0.29, 0.717) is 0 Å². The second-order valence-electron chi connectivity index (χ2n) is 6.83.